The molecule has 0 aliphatic heterocycles. The van der Waals surface area contributed by atoms with Gasteiger partial charge in [-0.2, -0.15) is 0 Å². The van der Waals surface area contributed by atoms with E-state index in [2.05, 4.69) is 21.3 Å². The SMILES string of the molecule is CC(C)(C)CNC(=O)C[C@H](NC(=O)CCc1ccccc1)C(=O)N[C@@H](CCc1ccccc1)C(=O)NCC1CC1. The summed E-state index contributed by atoms with van der Waals surface area (Å²) in [7, 11) is 0. The third kappa shape index (κ3) is 12.0. The lowest BCUT2D eigenvalue weighted by Crippen LogP contribution is -2.55. The molecule has 1 aliphatic rings. The highest BCUT2D eigenvalue weighted by Gasteiger charge is 2.30. The van der Waals surface area contributed by atoms with Crippen molar-refractivity contribution in [3.05, 3.63) is 71.8 Å². The number of carbonyl (C=O) groups excluding carboxylic acids is 4. The maximum absolute atomic E-state index is 13.5. The number of amides is 4. The predicted octanol–water partition coefficient (Wildman–Crippen LogP) is 3.30. The quantitative estimate of drug-likeness (QED) is 0.273. The van der Waals surface area contributed by atoms with E-state index >= 15 is 0 Å². The van der Waals surface area contributed by atoms with Crippen molar-refractivity contribution in [2.75, 3.05) is 13.1 Å². The van der Waals surface area contributed by atoms with Crippen molar-refractivity contribution in [2.45, 2.75) is 77.8 Å². The Hall–Kier alpha value is -3.68. The molecule has 0 saturated heterocycles. The molecular weight excluding hydrogens is 504 g/mol. The fourth-order valence-electron chi connectivity index (χ4n) is 4.19. The first-order chi connectivity index (χ1) is 19.1. The molecule has 8 heteroatoms. The van der Waals surface area contributed by atoms with Gasteiger partial charge in [0.1, 0.15) is 12.1 Å². The molecule has 1 fully saturated rings. The van der Waals surface area contributed by atoms with E-state index in [1.807, 2.05) is 81.4 Å². The summed E-state index contributed by atoms with van der Waals surface area (Å²) in [6.07, 6.45) is 3.68. The molecule has 0 unspecified atom stereocenters. The Morgan fingerprint density at radius 3 is 1.93 bits per heavy atom. The van der Waals surface area contributed by atoms with Crippen LogP contribution in [0.15, 0.2) is 60.7 Å². The Morgan fingerprint density at radius 1 is 0.750 bits per heavy atom. The standard InChI is InChI=1S/C32H44N4O4/c1-32(2,3)22-34-29(38)20-27(35-28(37)19-17-24-12-8-5-9-13-24)31(40)36-26(30(39)33-21-25-14-15-25)18-16-23-10-6-4-7-11-23/h4-13,25-27H,14-22H2,1-3H3,(H,33,39)(H,34,38)(H,35,37)(H,36,40)/t26-,27-/m0/s1. The minimum Gasteiger partial charge on any atom is -0.355 e. The lowest BCUT2D eigenvalue weighted by atomic mass is 9.97. The Labute approximate surface area is 238 Å². The van der Waals surface area contributed by atoms with E-state index in [9.17, 15) is 19.2 Å². The first-order valence-corrected chi connectivity index (χ1v) is 14.3. The third-order valence-corrected chi connectivity index (χ3v) is 6.80. The number of hydrogen-bond donors (Lipinski definition) is 4. The summed E-state index contributed by atoms with van der Waals surface area (Å²) in [4.78, 5) is 52.2. The van der Waals surface area contributed by atoms with Gasteiger partial charge in [-0.3, -0.25) is 19.2 Å². The molecule has 2 aromatic rings. The van der Waals surface area contributed by atoms with Crippen molar-refractivity contribution in [3.63, 3.8) is 0 Å². The molecule has 8 nitrogen and oxygen atoms in total. The van der Waals surface area contributed by atoms with Gasteiger partial charge < -0.3 is 21.3 Å². The largest absolute Gasteiger partial charge is 0.355 e. The second-order valence-electron chi connectivity index (χ2n) is 11.9. The van der Waals surface area contributed by atoms with Gasteiger partial charge in [0.2, 0.25) is 23.6 Å². The van der Waals surface area contributed by atoms with Gasteiger partial charge in [-0.1, -0.05) is 81.4 Å². The molecular formula is C32H44N4O4. The van der Waals surface area contributed by atoms with Gasteiger partial charge in [-0.05, 0) is 54.6 Å². The Kier molecular flexibility index (Phi) is 11.7. The van der Waals surface area contributed by atoms with Crippen LogP contribution in [-0.4, -0.2) is 48.8 Å². The zero-order valence-corrected chi connectivity index (χ0v) is 24.0. The van der Waals surface area contributed by atoms with Gasteiger partial charge >= 0.3 is 0 Å². The highest BCUT2D eigenvalue weighted by Crippen LogP contribution is 2.27. The maximum Gasteiger partial charge on any atom is 0.243 e. The van der Waals surface area contributed by atoms with Gasteiger partial charge in [0.15, 0.2) is 0 Å². The van der Waals surface area contributed by atoms with Crippen LogP contribution in [0.4, 0.5) is 0 Å². The summed E-state index contributed by atoms with van der Waals surface area (Å²) in [6, 6.07) is 17.5. The molecule has 40 heavy (non-hydrogen) atoms. The second-order valence-corrected chi connectivity index (χ2v) is 11.9. The van der Waals surface area contributed by atoms with Crippen LogP contribution >= 0.6 is 0 Å². The molecule has 4 amide bonds. The summed E-state index contributed by atoms with van der Waals surface area (Å²) >= 11 is 0. The van der Waals surface area contributed by atoms with Gasteiger partial charge in [0, 0.05) is 19.5 Å². The number of benzene rings is 2. The summed E-state index contributed by atoms with van der Waals surface area (Å²) in [5.74, 6) is -0.956. The van der Waals surface area contributed by atoms with Crippen molar-refractivity contribution in [1.29, 1.82) is 0 Å². The average molecular weight is 549 g/mol. The smallest absolute Gasteiger partial charge is 0.243 e. The van der Waals surface area contributed by atoms with Crippen LogP contribution in [0, 0.1) is 11.3 Å². The molecule has 1 aliphatic carbocycles. The van der Waals surface area contributed by atoms with Gasteiger partial charge in [0.05, 0.1) is 6.42 Å². The molecule has 2 aromatic carbocycles. The molecule has 0 aromatic heterocycles. The number of hydrogen-bond acceptors (Lipinski definition) is 4. The van der Waals surface area contributed by atoms with E-state index in [4.69, 9.17) is 0 Å². The molecule has 0 heterocycles. The zero-order chi connectivity index (χ0) is 29.0. The molecule has 3 rings (SSSR count). The zero-order valence-electron chi connectivity index (χ0n) is 24.0. The van der Waals surface area contributed by atoms with Crippen LogP contribution in [0.5, 0.6) is 0 Å². The lowest BCUT2D eigenvalue weighted by molar-refractivity contribution is -0.134. The average Bonchev–Trinajstić information content (AvgIpc) is 3.76. The molecule has 4 N–H and O–H groups in total. The van der Waals surface area contributed by atoms with Gasteiger partial charge in [0.25, 0.3) is 0 Å². The summed E-state index contributed by atoms with van der Waals surface area (Å²) < 4.78 is 0. The lowest BCUT2D eigenvalue weighted by Gasteiger charge is -2.24. The first kappa shape index (κ1) is 30.9. The van der Waals surface area contributed by atoms with Crippen molar-refractivity contribution in [3.8, 4) is 0 Å². The number of nitrogens with one attached hydrogen (secondary N) is 4. The third-order valence-electron chi connectivity index (χ3n) is 6.80. The van der Waals surface area contributed by atoms with E-state index in [1.54, 1.807) is 0 Å². The topological polar surface area (TPSA) is 116 Å². The molecule has 216 valence electrons. The highest BCUT2D eigenvalue weighted by atomic mass is 16.2. The minimum atomic E-state index is -1.10. The van der Waals surface area contributed by atoms with Crippen LogP contribution in [0.25, 0.3) is 0 Å². The first-order valence-electron chi connectivity index (χ1n) is 14.3. The predicted molar refractivity (Wildman–Crippen MR) is 156 cm³/mol. The molecule has 0 radical (unpaired) electrons. The van der Waals surface area contributed by atoms with E-state index in [0.29, 0.717) is 38.3 Å². The Balaban J connectivity index is 1.67. The number of rotatable bonds is 15. The van der Waals surface area contributed by atoms with E-state index in [0.717, 1.165) is 24.0 Å². The molecule has 0 spiro atoms. The van der Waals surface area contributed by atoms with Crippen LogP contribution < -0.4 is 21.3 Å². The van der Waals surface area contributed by atoms with Gasteiger partial charge in [-0.15, -0.1) is 0 Å². The fraction of sp³-hybridized carbons (Fsp3) is 0.500. The normalized spacial score (nSPS) is 14.5. The summed E-state index contributed by atoms with van der Waals surface area (Å²) in [5, 5.41) is 11.4. The van der Waals surface area contributed by atoms with Crippen molar-refractivity contribution >= 4 is 23.6 Å². The van der Waals surface area contributed by atoms with E-state index in [1.165, 1.54) is 0 Å². The number of carbonyl (C=O) groups is 4. The van der Waals surface area contributed by atoms with Crippen molar-refractivity contribution in [1.82, 2.24) is 21.3 Å². The van der Waals surface area contributed by atoms with Crippen LogP contribution in [0.3, 0.4) is 0 Å². The highest BCUT2D eigenvalue weighted by molar-refractivity contribution is 5.95. The van der Waals surface area contributed by atoms with Gasteiger partial charge in [-0.25, -0.2) is 0 Å². The monoisotopic (exact) mass is 548 g/mol. The molecule has 2 atom stereocenters. The fourth-order valence-corrected chi connectivity index (χ4v) is 4.19. The maximum atomic E-state index is 13.5. The number of aryl methyl sites for hydroxylation is 2. The van der Waals surface area contributed by atoms with E-state index in [-0.39, 0.29) is 36.0 Å². The van der Waals surface area contributed by atoms with Crippen molar-refractivity contribution < 1.29 is 19.2 Å². The summed E-state index contributed by atoms with van der Waals surface area (Å²) in [6.45, 7) is 7.03. The minimum absolute atomic E-state index is 0.130. The molecule has 1 saturated carbocycles. The summed E-state index contributed by atoms with van der Waals surface area (Å²) in [5.41, 5.74) is 1.94. The Morgan fingerprint density at radius 2 is 1.35 bits per heavy atom. The van der Waals surface area contributed by atoms with Crippen LogP contribution in [-0.2, 0) is 32.0 Å². The van der Waals surface area contributed by atoms with Crippen LogP contribution in [0.1, 0.15) is 64.0 Å². The Bertz CT molecular complexity index is 1110. The second kappa shape index (κ2) is 15.2. The van der Waals surface area contributed by atoms with E-state index < -0.39 is 18.0 Å². The molecule has 0 bridgehead atoms. The van der Waals surface area contributed by atoms with Crippen molar-refractivity contribution in [2.24, 2.45) is 11.3 Å². The van der Waals surface area contributed by atoms with Crippen LogP contribution in [0.2, 0.25) is 0 Å².